The van der Waals surface area contributed by atoms with Crippen molar-refractivity contribution in [3.8, 4) is 0 Å². The van der Waals surface area contributed by atoms with Crippen LogP contribution in [0.3, 0.4) is 0 Å². The topological polar surface area (TPSA) is 54.0 Å². The molecule has 0 amide bonds. The molecule has 0 aliphatic heterocycles. The van der Waals surface area contributed by atoms with Crippen molar-refractivity contribution in [2.45, 2.75) is 44.7 Å². The molecule has 0 aromatic heterocycles. The van der Waals surface area contributed by atoms with Gasteiger partial charge in [-0.05, 0) is 32.8 Å². The van der Waals surface area contributed by atoms with Crippen molar-refractivity contribution in [1.29, 1.82) is 0 Å². The molecule has 212 valence electrons. The maximum Gasteiger partial charge on any atom is 0.151 e. The predicted octanol–water partition coefficient (Wildman–Crippen LogP) is 7.44. The molecule has 5 nitrogen and oxygen atoms in total. The van der Waals surface area contributed by atoms with E-state index in [4.69, 9.17) is 18.9 Å². The van der Waals surface area contributed by atoms with Crippen LogP contribution in [0.25, 0.3) is 0 Å². The summed E-state index contributed by atoms with van der Waals surface area (Å²) in [7, 11) is 0. The van der Waals surface area contributed by atoms with Gasteiger partial charge in [0, 0.05) is 0 Å². The van der Waals surface area contributed by atoms with Crippen molar-refractivity contribution >= 4 is 22.2 Å². The third kappa shape index (κ3) is 10.2. The quantitative estimate of drug-likeness (QED) is 0.116. The summed E-state index contributed by atoms with van der Waals surface area (Å²) in [6.45, 7) is 1.59. The van der Waals surface area contributed by atoms with E-state index < -0.39 is 18.3 Å². The van der Waals surface area contributed by atoms with Gasteiger partial charge in [-0.1, -0.05) is 137 Å². The third-order valence-electron chi connectivity index (χ3n) is 6.49. The number of hydrogen-bond acceptors (Lipinski definition) is 5. The summed E-state index contributed by atoms with van der Waals surface area (Å²) in [5.41, 5.74) is 4.82. The zero-order valence-corrected chi connectivity index (χ0v) is 24.5. The van der Waals surface area contributed by atoms with E-state index in [-0.39, 0.29) is 19.8 Å². The second-order valence-corrected chi connectivity index (χ2v) is 10.00. The minimum absolute atomic E-state index is 0.263. The van der Waals surface area contributed by atoms with Gasteiger partial charge in [0.2, 0.25) is 0 Å². The average molecular weight is 616 g/mol. The number of benzene rings is 4. The van der Waals surface area contributed by atoms with Gasteiger partial charge in [-0.15, -0.1) is 0 Å². The lowest BCUT2D eigenvalue weighted by Crippen LogP contribution is -2.45. The summed E-state index contributed by atoms with van der Waals surface area (Å²) in [6, 6.07) is 39.5. The summed E-state index contributed by atoms with van der Waals surface area (Å²) >= 11 is 3.53. The number of ether oxygens (including phenoxy) is 4. The van der Waals surface area contributed by atoms with Gasteiger partial charge in [0.05, 0.1) is 33.0 Å². The fraction of sp³-hybridized carbons (Fsp3) is 0.229. The zero-order chi connectivity index (χ0) is 28.5. The van der Waals surface area contributed by atoms with E-state index in [9.17, 15) is 4.79 Å². The molecule has 0 aliphatic rings. The largest absolute Gasteiger partial charge is 0.372 e. The molecule has 3 atom stereocenters. The van der Waals surface area contributed by atoms with Gasteiger partial charge in [0.25, 0.3) is 0 Å². The Kier molecular flexibility index (Phi) is 13.0. The number of rotatable bonds is 17. The smallest absolute Gasteiger partial charge is 0.151 e. The Morgan fingerprint density at radius 2 is 1.00 bits per heavy atom. The van der Waals surface area contributed by atoms with Gasteiger partial charge in [-0.3, -0.25) is 0 Å². The number of carbonyl (C=O) groups is 1. The molecule has 0 saturated carbocycles. The Hall–Kier alpha value is -3.39. The van der Waals surface area contributed by atoms with E-state index in [1.807, 2.05) is 121 Å². The van der Waals surface area contributed by atoms with Gasteiger partial charge < -0.3 is 23.7 Å². The standard InChI is InChI=1S/C35H35BrO5/c36-21-32(27-38-23-28-13-5-1-6-14-28)34(40-25-30-17-9-3-10-18-30)35(41-26-31-19-11-4-12-20-31)33(22-37)39-24-29-15-7-2-8-16-29/h1-22,33-35H,23-27H2/b32-21-/t33-,34-,35+/m0/s1. The highest BCUT2D eigenvalue weighted by atomic mass is 79.9. The summed E-state index contributed by atoms with van der Waals surface area (Å²) in [5, 5.41) is 0. The molecular weight excluding hydrogens is 580 g/mol. The van der Waals surface area contributed by atoms with Crippen molar-refractivity contribution in [3.63, 3.8) is 0 Å². The molecule has 0 N–H and O–H groups in total. The van der Waals surface area contributed by atoms with Crippen LogP contribution >= 0.6 is 15.9 Å². The van der Waals surface area contributed by atoms with Crippen molar-refractivity contribution in [3.05, 3.63) is 154 Å². The second-order valence-electron chi connectivity index (χ2n) is 9.54. The third-order valence-corrected chi connectivity index (χ3v) is 7.07. The van der Waals surface area contributed by atoms with Crippen LogP contribution in [0.4, 0.5) is 0 Å². The van der Waals surface area contributed by atoms with Crippen LogP contribution in [0.2, 0.25) is 0 Å². The van der Waals surface area contributed by atoms with Crippen molar-refractivity contribution in [1.82, 2.24) is 0 Å². The minimum atomic E-state index is -0.892. The molecule has 0 fully saturated rings. The maximum absolute atomic E-state index is 12.5. The lowest BCUT2D eigenvalue weighted by atomic mass is 10.0. The fourth-order valence-corrected chi connectivity index (χ4v) is 4.70. The Morgan fingerprint density at radius 1 is 0.585 bits per heavy atom. The molecule has 41 heavy (non-hydrogen) atoms. The Morgan fingerprint density at radius 3 is 1.44 bits per heavy atom. The molecule has 4 rings (SSSR count). The number of carbonyl (C=O) groups excluding carboxylic acids is 1. The first-order valence-corrected chi connectivity index (χ1v) is 14.5. The number of hydrogen-bond donors (Lipinski definition) is 0. The molecular formula is C35H35BrO5. The van der Waals surface area contributed by atoms with E-state index in [0.717, 1.165) is 34.1 Å². The van der Waals surface area contributed by atoms with Gasteiger partial charge in [0.15, 0.2) is 6.29 Å². The summed E-state index contributed by atoms with van der Waals surface area (Å²) < 4.78 is 25.3. The fourth-order valence-electron chi connectivity index (χ4n) is 4.31. The van der Waals surface area contributed by atoms with E-state index in [1.165, 1.54) is 0 Å². The first-order valence-electron chi connectivity index (χ1n) is 13.6. The lowest BCUT2D eigenvalue weighted by molar-refractivity contribution is -0.153. The van der Waals surface area contributed by atoms with Crippen LogP contribution in [0.15, 0.2) is 132 Å². The van der Waals surface area contributed by atoms with Gasteiger partial charge in [0.1, 0.15) is 18.3 Å². The van der Waals surface area contributed by atoms with E-state index >= 15 is 0 Å². The summed E-state index contributed by atoms with van der Waals surface area (Å²) in [5.74, 6) is 0. The molecule has 0 bridgehead atoms. The highest BCUT2D eigenvalue weighted by Gasteiger charge is 2.35. The predicted molar refractivity (Wildman–Crippen MR) is 164 cm³/mol. The first-order chi connectivity index (χ1) is 20.3. The van der Waals surface area contributed by atoms with Crippen molar-refractivity contribution < 1.29 is 23.7 Å². The Balaban J connectivity index is 1.58. The van der Waals surface area contributed by atoms with E-state index in [1.54, 1.807) is 4.99 Å². The molecule has 0 spiro atoms. The molecule has 0 radical (unpaired) electrons. The monoisotopic (exact) mass is 614 g/mol. The van der Waals surface area contributed by atoms with Crippen molar-refractivity contribution in [2.24, 2.45) is 0 Å². The van der Waals surface area contributed by atoms with E-state index in [0.29, 0.717) is 13.2 Å². The highest BCUT2D eigenvalue weighted by Crippen LogP contribution is 2.24. The van der Waals surface area contributed by atoms with Crippen LogP contribution < -0.4 is 0 Å². The molecule has 0 heterocycles. The normalized spacial score (nSPS) is 13.8. The SMILES string of the molecule is O=C[C@H](OCc1ccccc1)[C@@H](OCc1ccccc1)[C@@H](OCc1ccccc1)/C(=C\Br)COCc1ccccc1. The average Bonchev–Trinajstić information content (AvgIpc) is 3.04. The molecule has 4 aromatic rings. The van der Waals surface area contributed by atoms with Crippen LogP contribution in [0, 0.1) is 0 Å². The van der Waals surface area contributed by atoms with Gasteiger partial charge >= 0.3 is 0 Å². The van der Waals surface area contributed by atoms with Gasteiger partial charge in [-0.2, -0.15) is 0 Å². The summed E-state index contributed by atoms with van der Waals surface area (Å²) in [6.07, 6.45) is -1.48. The maximum atomic E-state index is 12.5. The van der Waals surface area contributed by atoms with Crippen LogP contribution in [-0.2, 0) is 50.2 Å². The second kappa shape index (κ2) is 17.4. The van der Waals surface area contributed by atoms with Crippen LogP contribution in [0.5, 0.6) is 0 Å². The number of aldehydes is 1. The van der Waals surface area contributed by atoms with Gasteiger partial charge in [-0.25, -0.2) is 0 Å². The van der Waals surface area contributed by atoms with Crippen LogP contribution in [0.1, 0.15) is 22.3 Å². The molecule has 0 unspecified atom stereocenters. The number of halogens is 1. The van der Waals surface area contributed by atoms with Crippen LogP contribution in [-0.4, -0.2) is 31.2 Å². The molecule has 0 saturated heterocycles. The summed E-state index contributed by atoms with van der Waals surface area (Å²) in [4.78, 5) is 14.3. The Bertz CT molecular complexity index is 1300. The first kappa shape index (κ1) is 30.6. The minimum Gasteiger partial charge on any atom is -0.372 e. The molecule has 0 aliphatic carbocycles. The molecule has 6 heteroatoms. The highest BCUT2D eigenvalue weighted by molar-refractivity contribution is 9.11. The Labute approximate surface area is 250 Å². The molecule has 4 aromatic carbocycles. The zero-order valence-electron chi connectivity index (χ0n) is 22.9. The van der Waals surface area contributed by atoms with Crippen molar-refractivity contribution in [2.75, 3.05) is 6.61 Å². The lowest BCUT2D eigenvalue weighted by Gasteiger charge is -2.33. The van der Waals surface area contributed by atoms with E-state index in [2.05, 4.69) is 15.9 Å².